The molecule has 1 aliphatic carbocycles. The first-order chi connectivity index (χ1) is 8.25. The lowest BCUT2D eigenvalue weighted by Gasteiger charge is -2.23. The van der Waals surface area contributed by atoms with Gasteiger partial charge in [-0.05, 0) is 31.7 Å². The van der Waals surface area contributed by atoms with Crippen molar-refractivity contribution in [2.45, 2.75) is 44.6 Å². The average Bonchev–Trinajstić information content (AvgIpc) is 2.32. The lowest BCUT2D eigenvalue weighted by atomic mass is 9.98. The van der Waals surface area contributed by atoms with Gasteiger partial charge in [0.2, 0.25) is 0 Å². The van der Waals surface area contributed by atoms with Gasteiger partial charge in [0.15, 0.2) is 0 Å². The Morgan fingerprint density at radius 3 is 2.88 bits per heavy atom. The van der Waals surface area contributed by atoms with Crippen LogP contribution in [-0.2, 0) is 11.2 Å². The van der Waals surface area contributed by atoms with Crippen molar-refractivity contribution in [3.8, 4) is 5.75 Å². The van der Waals surface area contributed by atoms with Gasteiger partial charge in [-0.15, -0.1) is 0 Å². The molecule has 1 aromatic rings. The zero-order chi connectivity index (χ0) is 12.1. The van der Waals surface area contributed by atoms with E-state index in [9.17, 15) is 4.79 Å². The number of hydrogen-bond acceptors (Lipinski definition) is 3. The summed E-state index contributed by atoms with van der Waals surface area (Å²) in [7, 11) is 0. The van der Waals surface area contributed by atoms with Gasteiger partial charge >= 0.3 is 5.97 Å². The predicted molar refractivity (Wildman–Crippen MR) is 63.1 cm³/mol. The second kappa shape index (κ2) is 5.66. The molecule has 1 heterocycles. The Balaban J connectivity index is 2.05. The van der Waals surface area contributed by atoms with Crippen LogP contribution in [0.25, 0.3) is 0 Å². The zero-order valence-corrected chi connectivity index (χ0v) is 9.76. The fourth-order valence-electron chi connectivity index (χ4n) is 2.19. The summed E-state index contributed by atoms with van der Waals surface area (Å²) in [4.78, 5) is 14.7. The van der Waals surface area contributed by atoms with Crippen LogP contribution >= 0.6 is 0 Å². The summed E-state index contributed by atoms with van der Waals surface area (Å²) in [5, 5.41) is 8.81. The number of ether oxygens (including phenoxy) is 1. The number of carbonyl (C=O) groups is 1. The fourth-order valence-corrected chi connectivity index (χ4v) is 2.19. The van der Waals surface area contributed by atoms with E-state index in [2.05, 4.69) is 4.98 Å². The minimum Gasteiger partial charge on any atom is -0.490 e. The number of aliphatic carboxylic acids is 1. The van der Waals surface area contributed by atoms with Gasteiger partial charge in [-0.2, -0.15) is 0 Å². The molecule has 2 rings (SSSR count). The van der Waals surface area contributed by atoms with Gasteiger partial charge in [0.05, 0.1) is 12.5 Å². The molecule has 0 radical (unpaired) electrons. The average molecular weight is 235 g/mol. The van der Waals surface area contributed by atoms with E-state index >= 15 is 0 Å². The summed E-state index contributed by atoms with van der Waals surface area (Å²) >= 11 is 0. The van der Waals surface area contributed by atoms with Gasteiger partial charge in [0.25, 0.3) is 0 Å². The highest BCUT2D eigenvalue weighted by Gasteiger charge is 2.17. The molecule has 0 atom stereocenters. The molecule has 4 nitrogen and oxygen atoms in total. The SMILES string of the molecule is O=C(O)Cc1cnccc1OC1CCCCC1. The maximum absolute atomic E-state index is 10.7. The van der Waals surface area contributed by atoms with E-state index in [1.54, 1.807) is 18.5 Å². The lowest BCUT2D eigenvalue weighted by molar-refractivity contribution is -0.136. The van der Waals surface area contributed by atoms with E-state index in [4.69, 9.17) is 9.84 Å². The molecule has 1 N–H and O–H groups in total. The van der Waals surface area contributed by atoms with Crippen LogP contribution in [-0.4, -0.2) is 22.2 Å². The molecule has 0 saturated heterocycles. The molecule has 1 saturated carbocycles. The molecule has 0 bridgehead atoms. The van der Waals surface area contributed by atoms with E-state index in [1.165, 1.54) is 19.3 Å². The van der Waals surface area contributed by atoms with Crippen molar-refractivity contribution in [3.63, 3.8) is 0 Å². The standard InChI is InChI=1S/C13H17NO3/c15-13(16)8-10-9-14-7-6-12(10)17-11-4-2-1-3-5-11/h6-7,9,11H,1-5,8H2,(H,15,16). The highest BCUT2D eigenvalue weighted by Crippen LogP contribution is 2.25. The summed E-state index contributed by atoms with van der Waals surface area (Å²) in [5.74, 6) is -0.180. The second-order valence-corrected chi connectivity index (χ2v) is 4.43. The maximum atomic E-state index is 10.7. The number of carboxylic acids is 1. The molecular weight excluding hydrogens is 218 g/mol. The van der Waals surface area contributed by atoms with Gasteiger partial charge in [0, 0.05) is 18.0 Å². The van der Waals surface area contributed by atoms with Crippen LogP contribution in [0.2, 0.25) is 0 Å². The summed E-state index contributed by atoms with van der Waals surface area (Å²) in [5.41, 5.74) is 0.658. The lowest BCUT2D eigenvalue weighted by Crippen LogP contribution is -2.20. The predicted octanol–water partition coefficient (Wildman–Crippen LogP) is 2.42. The number of aromatic nitrogens is 1. The van der Waals surface area contributed by atoms with Crippen molar-refractivity contribution in [2.24, 2.45) is 0 Å². The molecule has 1 fully saturated rings. The second-order valence-electron chi connectivity index (χ2n) is 4.43. The summed E-state index contributed by atoms with van der Waals surface area (Å²) in [6.45, 7) is 0. The number of carboxylic acid groups (broad SMARTS) is 1. The Morgan fingerprint density at radius 2 is 2.18 bits per heavy atom. The summed E-state index contributed by atoms with van der Waals surface area (Å²) < 4.78 is 5.88. The molecule has 0 unspecified atom stereocenters. The summed E-state index contributed by atoms with van der Waals surface area (Å²) in [6.07, 6.45) is 9.22. The van der Waals surface area contributed by atoms with Gasteiger partial charge in [-0.3, -0.25) is 9.78 Å². The number of rotatable bonds is 4. The van der Waals surface area contributed by atoms with Crippen LogP contribution < -0.4 is 4.74 Å². The Hall–Kier alpha value is -1.58. The molecular formula is C13H17NO3. The monoisotopic (exact) mass is 235 g/mol. The van der Waals surface area contributed by atoms with E-state index in [0.717, 1.165) is 12.8 Å². The minimum absolute atomic E-state index is 0.0319. The van der Waals surface area contributed by atoms with Gasteiger partial charge in [-0.1, -0.05) is 6.42 Å². The molecule has 92 valence electrons. The Morgan fingerprint density at radius 1 is 1.41 bits per heavy atom. The molecule has 1 aliphatic rings. The van der Waals surface area contributed by atoms with Crippen molar-refractivity contribution in [1.29, 1.82) is 0 Å². The van der Waals surface area contributed by atoms with Crippen molar-refractivity contribution in [3.05, 3.63) is 24.0 Å². The van der Waals surface area contributed by atoms with Gasteiger partial charge in [0.1, 0.15) is 5.75 Å². The molecule has 17 heavy (non-hydrogen) atoms. The molecule has 1 aromatic heterocycles. The normalized spacial score (nSPS) is 16.7. The van der Waals surface area contributed by atoms with E-state index < -0.39 is 5.97 Å². The first-order valence-electron chi connectivity index (χ1n) is 6.07. The van der Waals surface area contributed by atoms with E-state index in [0.29, 0.717) is 11.3 Å². The van der Waals surface area contributed by atoms with Crippen LogP contribution in [0.1, 0.15) is 37.7 Å². The summed E-state index contributed by atoms with van der Waals surface area (Å²) in [6, 6.07) is 1.76. The van der Waals surface area contributed by atoms with Gasteiger partial charge < -0.3 is 9.84 Å². The highest BCUT2D eigenvalue weighted by molar-refractivity contribution is 5.71. The smallest absolute Gasteiger partial charge is 0.308 e. The zero-order valence-electron chi connectivity index (χ0n) is 9.76. The van der Waals surface area contributed by atoms with Crippen molar-refractivity contribution in [2.75, 3.05) is 0 Å². The third-order valence-corrected chi connectivity index (χ3v) is 3.05. The minimum atomic E-state index is -0.855. The largest absolute Gasteiger partial charge is 0.490 e. The molecule has 0 aromatic carbocycles. The van der Waals surface area contributed by atoms with E-state index in [1.807, 2.05) is 0 Å². The number of hydrogen-bond donors (Lipinski definition) is 1. The molecule has 0 spiro atoms. The quantitative estimate of drug-likeness (QED) is 0.870. The molecule has 0 aliphatic heterocycles. The van der Waals surface area contributed by atoms with Crippen LogP contribution in [0.5, 0.6) is 5.75 Å². The third kappa shape index (κ3) is 3.44. The third-order valence-electron chi connectivity index (χ3n) is 3.05. The molecule has 0 amide bonds. The first-order valence-corrected chi connectivity index (χ1v) is 6.07. The van der Waals surface area contributed by atoms with Crippen molar-refractivity contribution < 1.29 is 14.6 Å². The Labute approximate surface area is 101 Å². The van der Waals surface area contributed by atoms with Crippen molar-refractivity contribution in [1.82, 2.24) is 4.98 Å². The van der Waals surface area contributed by atoms with Crippen molar-refractivity contribution >= 4 is 5.97 Å². The van der Waals surface area contributed by atoms with Crippen LogP contribution in [0.15, 0.2) is 18.5 Å². The number of nitrogens with zero attached hydrogens (tertiary/aromatic N) is 1. The van der Waals surface area contributed by atoms with Crippen LogP contribution in [0, 0.1) is 0 Å². The topological polar surface area (TPSA) is 59.4 Å². The number of pyridine rings is 1. The van der Waals surface area contributed by atoms with Gasteiger partial charge in [-0.25, -0.2) is 0 Å². The first kappa shape index (κ1) is 11.9. The Bertz CT molecular complexity index is 386. The maximum Gasteiger partial charge on any atom is 0.308 e. The molecule has 4 heteroatoms. The Kier molecular flexibility index (Phi) is 3.96. The fraction of sp³-hybridized carbons (Fsp3) is 0.538. The highest BCUT2D eigenvalue weighted by atomic mass is 16.5. The van der Waals surface area contributed by atoms with E-state index in [-0.39, 0.29) is 12.5 Å². The van der Waals surface area contributed by atoms with Crippen LogP contribution in [0.3, 0.4) is 0 Å². The van der Waals surface area contributed by atoms with Crippen LogP contribution in [0.4, 0.5) is 0 Å².